The van der Waals surface area contributed by atoms with Crippen molar-refractivity contribution in [2.24, 2.45) is 11.3 Å². The molecule has 1 aliphatic heterocycles. The highest BCUT2D eigenvalue weighted by atomic mass is 15.1. The van der Waals surface area contributed by atoms with Gasteiger partial charge in [0.2, 0.25) is 0 Å². The average molecular weight is 238 g/mol. The van der Waals surface area contributed by atoms with E-state index >= 15 is 0 Å². The van der Waals surface area contributed by atoms with Crippen molar-refractivity contribution in [1.82, 2.24) is 10.2 Å². The molecule has 1 saturated heterocycles. The summed E-state index contributed by atoms with van der Waals surface area (Å²) < 4.78 is 0. The van der Waals surface area contributed by atoms with Crippen molar-refractivity contribution in [2.45, 2.75) is 58.4 Å². The van der Waals surface area contributed by atoms with Crippen molar-refractivity contribution in [2.75, 3.05) is 26.7 Å². The molecule has 1 N–H and O–H groups in total. The normalized spacial score (nSPS) is 30.2. The lowest BCUT2D eigenvalue weighted by Gasteiger charge is -2.34. The summed E-state index contributed by atoms with van der Waals surface area (Å²) >= 11 is 0. The fourth-order valence-corrected chi connectivity index (χ4v) is 3.38. The second kappa shape index (κ2) is 5.71. The monoisotopic (exact) mass is 238 g/mol. The largest absolute Gasteiger partial charge is 0.313 e. The zero-order valence-corrected chi connectivity index (χ0v) is 12.0. The Hall–Kier alpha value is -0.0800. The lowest BCUT2D eigenvalue weighted by molar-refractivity contribution is 0.175. The average Bonchev–Trinajstić information content (AvgIpc) is 3.07. The summed E-state index contributed by atoms with van der Waals surface area (Å²) in [7, 11) is 2.26. The van der Waals surface area contributed by atoms with E-state index in [4.69, 9.17) is 0 Å². The lowest BCUT2D eigenvalue weighted by Crippen LogP contribution is -2.44. The van der Waals surface area contributed by atoms with Crippen LogP contribution in [0.25, 0.3) is 0 Å². The van der Waals surface area contributed by atoms with Gasteiger partial charge < -0.3 is 10.2 Å². The quantitative estimate of drug-likeness (QED) is 0.765. The first-order valence-corrected chi connectivity index (χ1v) is 7.57. The Labute approximate surface area is 107 Å². The van der Waals surface area contributed by atoms with Crippen LogP contribution >= 0.6 is 0 Å². The van der Waals surface area contributed by atoms with Crippen molar-refractivity contribution in [3.63, 3.8) is 0 Å². The lowest BCUT2D eigenvalue weighted by atomic mass is 9.91. The number of nitrogens with one attached hydrogen (secondary N) is 1. The number of hydrogen-bond acceptors (Lipinski definition) is 2. The molecule has 100 valence electrons. The number of rotatable bonds is 6. The maximum absolute atomic E-state index is 3.83. The molecule has 2 unspecified atom stereocenters. The van der Waals surface area contributed by atoms with Crippen molar-refractivity contribution >= 4 is 0 Å². The first-order valence-electron chi connectivity index (χ1n) is 7.57. The summed E-state index contributed by atoms with van der Waals surface area (Å²) in [6.45, 7) is 8.56. The van der Waals surface area contributed by atoms with E-state index in [-0.39, 0.29) is 0 Å². The number of piperidine rings is 1. The van der Waals surface area contributed by atoms with Crippen LogP contribution in [0.4, 0.5) is 0 Å². The Bertz CT molecular complexity index is 235. The van der Waals surface area contributed by atoms with Gasteiger partial charge in [-0.25, -0.2) is 0 Å². The molecule has 2 atom stereocenters. The summed E-state index contributed by atoms with van der Waals surface area (Å²) in [4.78, 5) is 2.49. The number of likely N-dealkylation sites (tertiary alicyclic amines) is 1. The summed E-state index contributed by atoms with van der Waals surface area (Å²) in [5.74, 6) is 0.867. The molecule has 1 heterocycles. The van der Waals surface area contributed by atoms with Gasteiger partial charge in [0.05, 0.1) is 0 Å². The van der Waals surface area contributed by atoms with Crippen LogP contribution in [0.5, 0.6) is 0 Å². The van der Waals surface area contributed by atoms with Crippen molar-refractivity contribution in [3.8, 4) is 0 Å². The van der Waals surface area contributed by atoms with E-state index in [2.05, 4.69) is 31.1 Å². The zero-order valence-electron chi connectivity index (χ0n) is 12.0. The maximum Gasteiger partial charge on any atom is 0.00794 e. The van der Waals surface area contributed by atoms with Gasteiger partial charge in [-0.1, -0.05) is 13.3 Å². The molecule has 2 aliphatic rings. The van der Waals surface area contributed by atoms with Crippen LogP contribution < -0.4 is 5.32 Å². The van der Waals surface area contributed by atoms with E-state index in [1.807, 2.05) is 0 Å². The van der Waals surface area contributed by atoms with Crippen molar-refractivity contribution < 1.29 is 0 Å². The van der Waals surface area contributed by atoms with E-state index in [1.165, 1.54) is 58.2 Å². The van der Waals surface area contributed by atoms with Gasteiger partial charge in [-0.2, -0.15) is 0 Å². The summed E-state index contributed by atoms with van der Waals surface area (Å²) in [5.41, 5.74) is 0.698. The second-order valence-corrected chi connectivity index (χ2v) is 6.58. The Morgan fingerprint density at radius 2 is 2.18 bits per heavy atom. The molecule has 2 heteroatoms. The predicted octanol–water partition coefficient (Wildman–Crippen LogP) is 2.89. The van der Waals surface area contributed by atoms with Gasteiger partial charge >= 0.3 is 0 Å². The molecule has 1 saturated carbocycles. The maximum atomic E-state index is 3.83. The molecule has 2 rings (SSSR count). The van der Waals surface area contributed by atoms with Crippen LogP contribution in [0, 0.1) is 11.3 Å². The summed E-state index contributed by atoms with van der Waals surface area (Å²) in [6, 6.07) is 0.701. The van der Waals surface area contributed by atoms with Gasteiger partial charge in [0.1, 0.15) is 0 Å². The molecular formula is C15H30N2. The topological polar surface area (TPSA) is 15.3 Å². The third-order valence-electron chi connectivity index (χ3n) is 4.90. The first-order chi connectivity index (χ1) is 8.15. The molecule has 0 aromatic carbocycles. The third-order valence-corrected chi connectivity index (χ3v) is 4.90. The molecule has 0 amide bonds. The van der Waals surface area contributed by atoms with Crippen LogP contribution in [0.1, 0.15) is 52.4 Å². The molecule has 2 nitrogen and oxygen atoms in total. The van der Waals surface area contributed by atoms with E-state index in [1.54, 1.807) is 0 Å². The molecule has 0 aromatic rings. The second-order valence-electron chi connectivity index (χ2n) is 6.58. The van der Waals surface area contributed by atoms with Crippen LogP contribution in [-0.4, -0.2) is 37.6 Å². The minimum absolute atomic E-state index is 0.698. The van der Waals surface area contributed by atoms with Gasteiger partial charge in [0.15, 0.2) is 0 Å². The SMILES string of the molecule is CCCC1(CNC(C)C2CCCN(C)C2)CC1. The van der Waals surface area contributed by atoms with Crippen LogP contribution in [0.2, 0.25) is 0 Å². The van der Waals surface area contributed by atoms with Crippen molar-refractivity contribution in [1.29, 1.82) is 0 Å². The standard InChI is InChI=1S/C15H30N2/c1-4-7-15(8-9-15)12-16-13(2)14-6-5-10-17(3)11-14/h13-14,16H,4-12H2,1-3H3. The molecular weight excluding hydrogens is 208 g/mol. The zero-order chi connectivity index (χ0) is 12.3. The highest BCUT2D eigenvalue weighted by Gasteiger charge is 2.41. The van der Waals surface area contributed by atoms with Gasteiger partial charge in [-0.15, -0.1) is 0 Å². The Kier molecular flexibility index (Phi) is 4.48. The highest BCUT2D eigenvalue weighted by Crippen LogP contribution is 2.49. The Balaban J connectivity index is 1.71. The minimum atomic E-state index is 0.698. The summed E-state index contributed by atoms with van der Waals surface area (Å²) in [6.07, 6.45) is 8.50. The summed E-state index contributed by atoms with van der Waals surface area (Å²) in [5, 5.41) is 3.83. The third kappa shape index (κ3) is 3.69. The fraction of sp³-hybridized carbons (Fsp3) is 1.00. The van der Waals surface area contributed by atoms with Crippen molar-refractivity contribution in [3.05, 3.63) is 0 Å². The first kappa shape index (κ1) is 13.4. The number of hydrogen-bond donors (Lipinski definition) is 1. The molecule has 2 fully saturated rings. The fourth-order valence-electron chi connectivity index (χ4n) is 3.38. The van der Waals surface area contributed by atoms with E-state index in [0.29, 0.717) is 11.5 Å². The van der Waals surface area contributed by atoms with E-state index in [9.17, 15) is 0 Å². The molecule has 0 aromatic heterocycles. The van der Waals surface area contributed by atoms with Crippen LogP contribution in [0.15, 0.2) is 0 Å². The van der Waals surface area contributed by atoms with Gasteiger partial charge in [0, 0.05) is 19.1 Å². The molecule has 0 spiro atoms. The van der Waals surface area contributed by atoms with E-state index < -0.39 is 0 Å². The van der Waals surface area contributed by atoms with Gasteiger partial charge in [-0.3, -0.25) is 0 Å². The minimum Gasteiger partial charge on any atom is -0.313 e. The number of nitrogens with zero attached hydrogens (tertiary/aromatic N) is 1. The smallest absolute Gasteiger partial charge is 0.00794 e. The molecule has 0 radical (unpaired) electrons. The van der Waals surface area contributed by atoms with Crippen LogP contribution in [0.3, 0.4) is 0 Å². The Morgan fingerprint density at radius 1 is 1.41 bits per heavy atom. The molecule has 1 aliphatic carbocycles. The van der Waals surface area contributed by atoms with Crippen LogP contribution in [-0.2, 0) is 0 Å². The predicted molar refractivity (Wildman–Crippen MR) is 74.3 cm³/mol. The van der Waals surface area contributed by atoms with E-state index in [0.717, 1.165) is 5.92 Å². The highest BCUT2D eigenvalue weighted by molar-refractivity contribution is 4.95. The molecule has 17 heavy (non-hydrogen) atoms. The van der Waals surface area contributed by atoms with Gasteiger partial charge in [-0.05, 0) is 64.0 Å². The molecule has 0 bridgehead atoms. The van der Waals surface area contributed by atoms with Gasteiger partial charge in [0.25, 0.3) is 0 Å². The Morgan fingerprint density at radius 3 is 2.76 bits per heavy atom.